The van der Waals surface area contributed by atoms with E-state index in [0.717, 1.165) is 12.8 Å². The third kappa shape index (κ3) is 7.51. The summed E-state index contributed by atoms with van der Waals surface area (Å²) in [5.41, 5.74) is 5.98. The molecule has 2 amide bonds. The molecule has 0 saturated heterocycles. The van der Waals surface area contributed by atoms with E-state index in [1.165, 1.54) is 18.0 Å². The molecule has 1 aliphatic carbocycles. The Labute approximate surface area is 209 Å². The van der Waals surface area contributed by atoms with E-state index in [1.807, 2.05) is 27.7 Å². The monoisotopic (exact) mass is 502 g/mol. The topological polar surface area (TPSA) is 153 Å². The maximum absolute atomic E-state index is 13.3. The Hall–Kier alpha value is -2.95. The van der Waals surface area contributed by atoms with Crippen molar-refractivity contribution >= 4 is 35.2 Å². The SMILES string of the molecule is CC(C)CC(NC(=O)[C@@H]1CCCC[C@@H]1NC(=O)c1ccc(N)nc1)C(=O)c1nnc(SC(C)C)o1. The third-order valence-corrected chi connectivity index (χ3v) is 6.60. The van der Waals surface area contributed by atoms with Gasteiger partial charge in [0.2, 0.25) is 11.7 Å². The Morgan fingerprint density at radius 1 is 1.14 bits per heavy atom. The Bertz CT molecular complexity index is 1020. The van der Waals surface area contributed by atoms with E-state index in [4.69, 9.17) is 10.2 Å². The number of aromatic nitrogens is 3. The van der Waals surface area contributed by atoms with Crippen LogP contribution < -0.4 is 16.4 Å². The first-order valence-corrected chi connectivity index (χ1v) is 12.9. The van der Waals surface area contributed by atoms with Gasteiger partial charge in [-0.1, -0.05) is 52.3 Å². The molecule has 3 rings (SSSR count). The predicted octanol–water partition coefficient (Wildman–Crippen LogP) is 3.25. The van der Waals surface area contributed by atoms with Crippen LogP contribution in [-0.2, 0) is 4.79 Å². The lowest BCUT2D eigenvalue weighted by Crippen LogP contribution is -2.52. The second kappa shape index (κ2) is 12.1. The highest BCUT2D eigenvalue weighted by Gasteiger charge is 2.35. The zero-order valence-electron chi connectivity index (χ0n) is 20.6. The van der Waals surface area contributed by atoms with Gasteiger partial charge >= 0.3 is 0 Å². The number of thioether (sulfide) groups is 1. The van der Waals surface area contributed by atoms with Crippen molar-refractivity contribution in [2.75, 3.05) is 5.73 Å². The summed E-state index contributed by atoms with van der Waals surface area (Å²) in [5.74, 6) is -1.06. The molecule has 11 heteroatoms. The van der Waals surface area contributed by atoms with E-state index >= 15 is 0 Å². The van der Waals surface area contributed by atoms with Crippen LogP contribution >= 0.6 is 11.8 Å². The fourth-order valence-electron chi connectivity index (χ4n) is 4.10. The number of nitrogen functional groups attached to an aromatic ring is 1. The molecular weight excluding hydrogens is 468 g/mol. The second-order valence-corrected chi connectivity index (χ2v) is 11.1. The number of carbonyl (C=O) groups is 3. The van der Waals surface area contributed by atoms with Crippen LogP contribution in [0.1, 0.15) is 80.8 Å². The molecule has 2 aromatic rings. The summed E-state index contributed by atoms with van der Waals surface area (Å²) < 4.78 is 5.55. The van der Waals surface area contributed by atoms with Crippen molar-refractivity contribution in [1.82, 2.24) is 25.8 Å². The molecule has 0 aromatic carbocycles. The van der Waals surface area contributed by atoms with E-state index in [1.54, 1.807) is 12.1 Å². The van der Waals surface area contributed by atoms with E-state index < -0.39 is 17.7 Å². The molecular formula is C24H34N6O4S. The van der Waals surface area contributed by atoms with Crippen molar-refractivity contribution < 1.29 is 18.8 Å². The van der Waals surface area contributed by atoms with Crippen molar-refractivity contribution in [3.63, 3.8) is 0 Å². The summed E-state index contributed by atoms with van der Waals surface area (Å²) in [5, 5.41) is 14.3. The molecule has 0 bridgehead atoms. The minimum atomic E-state index is -0.792. The molecule has 4 N–H and O–H groups in total. The fraction of sp³-hybridized carbons (Fsp3) is 0.583. The minimum Gasteiger partial charge on any atom is -0.408 e. The van der Waals surface area contributed by atoms with Gasteiger partial charge < -0.3 is 20.8 Å². The number of nitrogens with one attached hydrogen (secondary N) is 2. The summed E-state index contributed by atoms with van der Waals surface area (Å²) in [6, 6.07) is 2.02. The number of anilines is 1. The number of nitrogens with zero attached hydrogens (tertiary/aromatic N) is 3. The number of ketones is 1. The van der Waals surface area contributed by atoms with E-state index in [9.17, 15) is 14.4 Å². The maximum atomic E-state index is 13.3. The summed E-state index contributed by atoms with van der Waals surface area (Å²) in [6.45, 7) is 7.93. The van der Waals surface area contributed by atoms with Crippen LogP contribution in [0, 0.1) is 11.8 Å². The lowest BCUT2D eigenvalue weighted by atomic mass is 9.83. The molecule has 3 atom stereocenters. The van der Waals surface area contributed by atoms with Crippen LogP contribution in [0.25, 0.3) is 0 Å². The molecule has 0 spiro atoms. The van der Waals surface area contributed by atoms with Crippen LogP contribution in [0.5, 0.6) is 0 Å². The van der Waals surface area contributed by atoms with Crippen molar-refractivity contribution in [3.05, 3.63) is 29.8 Å². The van der Waals surface area contributed by atoms with Gasteiger partial charge in [0.15, 0.2) is 0 Å². The normalized spacial score (nSPS) is 18.9. The Kier molecular flexibility index (Phi) is 9.25. The number of hydrogen-bond acceptors (Lipinski definition) is 9. The van der Waals surface area contributed by atoms with Gasteiger partial charge in [-0.05, 0) is 37.3 Å². The number of pyridine rings is 1. The Morgan fingerprint density at radius 2 is 1.89 bits per heavy atom. The van der Waals surface area contributed by atoms with Crippen molar-refractivity contribution in [2.24, 2.45) is 11.8 Å². The standard InChI is InChI=1S/C24H34N6O4S/c1-13(2)11-18(20(31)23-29-30-24(34-23)35-14(3)4)28-22(33)16-7-5-6-8-17(16)27-21(32)15-9-10-19(25)26-12-15/h9-10,12-14,16-18H,5-8,11H2,1-4H3,(H2,25,26)(H,27,32)(H,28,33)/t16-,17+,18?/m1/s1. The molecule has 1 saturated carbocycles. The lowest BCUT2D eigenvalue weighted by Gasteiger charge is -2.32. The summed E-state index contributed by atoms with van der Waals surface area (Å²) >= 11 is 1.37. The minimum absolute atomic E-state index is 0.108. The molecule has 1 unspecified atom stereocenters. The maximum Gasteiger partial charge on any atom is 0.286 e. The van der Waals surface area contributed by atoms with E-state index in [2.05, 4.69) is 25.8 Å². The molecule has 2 aromatic heterocycles. The van der Waals surface area contributed by atoms with Crippen LogP contribution in [0.2, 0.25) is 0 Å². The molecule has 0 radical (unpaired) electrons. The summed E-state index contributed by atoms with van der Waals surface area (Å²) in [6.07, 6.45) is 4.91. The number of rotatable bonds is 10. The van der Waals surface area contributed by atoms with Crippen LogP contribution in [0.4, 0.5) is 5.82 Å². The number of nitrogens with two attached hydrogens (primary N) is 1. The molecule has 1 fully saturated rings. The van der Waals surface area contributed by atoms with Crippen LogP contribution in [0.15, 0.2) is 28.0 Å². The highest BCUT2D eigenvalue weighted by atomic mass is 32.2. The van der Waals surface area contributed by atoms with Gasteiger partial charge in [0.25, 0.3) is 17.0 Å². The molecule has 35 heavy (non-hydrogen) atoms. The number of hydrogen-bond donors (Lipinski definition) is 3. The number of carbonyl (C=O) groups excluding carboxylic acids is 3. The van der Waals surface area contributed by atoms with Gasteiger partial charge in [0.05, 0.1) is 17.5 Å². The first-order chi connectivity index (χ1) is 16.6. The Balaban J connectivity index is 1.70. The number of amides is 2. The van der Waals surface area contributed by atoms with Crippen LogP contribution in [0.3, 0.4) is 0 Å². The predicted molar refractivity (Wildman–Crippen MR) is 133 cm³/mol. The van der Waals surface area contributed by atoms with Crippen molar-refractivity contribution in [3.8, 4) is 0 Å². The van der Waals surface area contributed by atoms with Gasteiger partial charge in [-0.25, -0.2) is 4.98 Å². The van der Waals surface area contributed by atoms with Gasteiger partial charge in [-0.2, -0.15) is 0 Å². The molecule has 2 heterocycles. The smallest absolute Gasteiger partial charge is 0.286 e. The van der Waals surface area contributed by atoms with Gasteiger partial charge in [0.1, 0.15) is 5.82 Å². The highest BCUT2D eigenvalue weighted by molar-refractivity contribution is 7.99. The quantitative estimate of drug-likeness (QED) is 0.328. The van der Waals surface area contributed by atoms with Gasteiger partial charge in [-0.15, -0.1) is 10.2 Å². The first kappa shape index (κ1) is 26.7. The average molecular weight is 503 g/mol. The zero-order chi connectivity index (χ0) is 25.5. The van der Waals surface area contributed by atoms with Crippen molar-refractivity contribution in [1.29, 1.82) is 0 Å². The van der Waals surface area contributed by atoms with Gasteiger partial charge in [-0.3, -0.25) is 14.4 Å². The molecule has 0 aliphatic heterocycles. The summed E-state index contributed by atoms with van der Waals surface area (Å²) in [4.78, 5) is 43.2. The second-order valence-electron chi connectivity index (χ2n) is 9.54. The largest absolute Gasteiger partial charge is 0.408 e. The fourth-order valence-corrected chi connectivity index (χ4v) is 4.72. The van der Waals surface area contributed by atoms with Gasteiger partial charge in [0, 0.05) is 17.5 Å². The summed E-state index contributed by atoms with van der Waals surface area (Å²) in [7, 11) is 0. The Morgan fingerprint density at radius 3 is 2.54 bits per heavy atom. The zero-order valence-corrected chi connectivity index (χ0v) is 21.4. The highest BCUT2D eigenvalue weighted by Crippen LogP contribution is 2.26. The third-order valence-electron chi connectivity index (χ3n) is 5.76. The number of Topliss-reactive ketones (excluding diaryl/α,β-unsaturated/α-hetero) is 1. The first-order valence-electron chi connectivity index (χ1n) is 12.0. The molecule has 190 valence electrons. The lowest BCUT2D eigenvalue weighted by molar-refractivity contribution is -0.127. The molecule has 10 nitrogen and oxygen atoms in total. The van der Waals surface area contributed by atoms with E-state index in [0.29, 0.717) is 35.9 Å². The van der Waals surface area contributed by atoms with Crippen LogP contribution in [-0.4, -0.2) is 50.1 Å². The van der Waals surface area contributed by atoms with Crippen molar-refractivity contribution in [2.45, 2.75) is 82.4 Å². The van der Waals surface area contributed by atoms with E-state index in [-0.39, 0.29) is 34.9 Å². The molecule has 1 aliphatic rings. The average Bonchev–Trinajstić information content (AvgIpc) is 3.26.